The summed E-state index contributed by atoms with van der Waals surface area (Å²) in [7, 11) is 0. The second-order valence-electron chi connectivity index (χ2n) is 7.00. The van der Waals surface area contributed by atoms with Gasteiger partial charge in [0.25, 0.3) is 0 Å². The van der Waals surface area contributed by atoms with Crippen molar-refractivity contribution in [2.24, 2.45) is 4.99 Å². The summed E-state index contributed by atoms with van der Waals surface area (Å²) in [5.41, 5.74) is 2.48. The maximum atomic E-state index is 5.74. The van der Waals surface area contributed by atoms with Crippen LogP contribution in [0.2, 0.25) is 0 Å². The molecule has 0 unspecified atom stereocenters. The minimum Gasteiger partial charge on any atom is -0.381 e. The standard InChI is InChI=1S/C22H34N4OS/c1-4-23-22(25-16-21-26-20(17-28-21)18(2)3)24-13-8-9-14-27-15-12-19-10-6-5-7-11-19/h5-7,10-11,17-18H,4,8-9,12-16H2,1-3H3,(H2,23,24,25). The molecule has 1 heterocycles. The minimum atomic E-state index is 0.468. The van der Waals surface area contributed by atoms with Crippen LogP contribution in [0.5, 0.6) is 0 Å². The van der Waals surface area contributed by atoms with Gasteiger partial charge in [0.1, 0.15) is 5.01 Å². The van der Waals surface area contributed by atoms with Crippen molar-refractivity contribution in [2.75, 3.05) is 26.3 Å². The zero-order chi connectivity index (χ0) is 20.0. The van der Waals surface area contributed by atoms with Crippen LogP contribution in [-0.2, 0) is 17.7 Å². The van der Waals surface area contributed by atoms with E-state index in [1.807, 2.05) is 6.07 Å². The maximum absolute atomic E-state index is 5.74. The van der Waals surface area contributed by atoms with Crippen molar-refractivity contribution in [1.82, 2.24) is 15.6 Å². The third-order valence-electron chi connectivity index (χ3n) is 4.26. The van der Waals surface area contributed by atoms with Crippen molar-refractivity contribution in [3.8, 4) is 0 Å². The predicted octanol–water partition coefficient (Wildman–Crippen LogP) is 4.36. The molecule has 5 nitrogen and oxygen atoms in total. The van der Waals surface area contributed by atoms with E-state index in [2.05, 4.69) is 71.0 Å². The quantitative estimate of drug-likeness (QED) is 0.315. The maximum Gasteiger partial charge on any atom is 0.191 e. The molecule has 0 spiro atoms. The van der Waals surface area contributed by atoms with E-state index >= 15 is 0 Å². The molecule has 0 atom stereocenters. The highest BCUT2D eigenvalue weighted by Gasteiger charge is 2.05. The minimum absolute atomic E-state index is 0.468. The molecule has 0 bridgehead atoms. The number of hydrogen-bond donors (Lipinski definition) is 2. The summed E-state index contributed by atoms with van der Waals surface area (Å²) in [5, 5.41) is 9.89. The highest BCUT2D eigenvalue weighted by atomic mass is 32.1. The number of ether oxygens (including phenoxy) is 1. The Hall–Kier alpha value is -1.92. The second-order valence-corrected chi connectivity index (χ2v) is 7.94. The lowest BCUT2D eigenvalue weighted by atomic mass is 10.2. The fourth-order valence-electron chi connectivity index (χ4n) is 2.62. The van der Waals surface area contributed by atoms with Crippen molar-refractivity contribution in [1.29, 1.82) is 0 Å². The van der Waals surface area contributed by atoms with Gasteiger partial charge in [-0.25, -0.2) is 9.98 Å². The average molecular weight is 403 g/mol. The number of benzene rings is 1. The number of thiazole rings is 1. The van der Waals surface area contributed by atoms with E-state index in [0.717, 1.165) is 62.2 Å². The van der Waals surface area contributed by atoms with E-state index in [-0.39, 0.29) is 0 Å². The first kappa shape index (κ1) is 22.4. The summed E-state index contributed by atoms with van der Waals surface area (Å²) >= 11 is 1.69. The van der Waals surface area contributed by atoms with Gasteiger partial charge >= 0.3 is 0 Å². The van der Waals surface area contributed by atoms with Gasteiger partial charge in [-0.05, 0) is 37.7 Å². The Labute approximate surface area is 173 Å². The predicted molar refractivity (Wildman–Crippen MR) is 119 cm³/mol. The highest BCUT2D eigenvalue weighted by molar-refractivity contribution is 7.09. The Balaban J connectivity index is 1.59. The molecule has 2 N–H and O–H groups in total. The van der Waals surface area contributed by atoms with Gasteiger partial charge in [-0.1, -0.05) is 44.2 Å². The Bertz CT molecular complexity index is 685. The van der Waals surface area contributed by atoms with Crippen molar-refractivity contribution < 1.29 is 4.74 Å². The molecule has 28 heavy (non-hydrogen) atoms. The van der Waals surface area contributed by atoms with Crippen LogP contribution in [0.4, 0.5) is 0 Å². The van der Waals surface area contributed by atoms with E-state index in [9.17, 15) is 0 Å². The summed E-state index contributed by atoms with van der Waals surface area (Å²) in [6, 6.07) is 10.5. The number of nitrogens with zero attached hydrogens (tertiary/aromatic N) is 2. The number of unbranched alkanes of at least 4 members (excludes halogenated alkanes) is 1. The van der Waals surface area contributed by atoms with Crippen LogP contribution in [0.25, 0.3) is 0 Å². The van der Waals surface area contributed by atoms with Gasteiger partial charge in [-0.15, -0.1) is 11.3 Å². The van der Waals surface area contributed by atoms with E-state index in [1.165, 1.54) is 5.56 Å². The number of aromatic nitrogens is 1. The monoisotopic (exact) mass is 402 g/mol. The zero-order valence-corrected chi connectivity index (χ0v) is 18.2. The molecule has 6 heteroatoms. The normalized spacial score (nSPS) is 11.8. The van der Waals surface area contributed by atoms with Crippen LogP contribution >= 0.6 is 11.3 Å². The van der Waals surface area contributed by atoms with Crippen LogP contribution in [-0.4, -0.2) is 37.2 Å². The molecule has 0 aliphatic carbocycles. The molecule has 1 aromatic carbocycles. The molecule has 1 aromatic heterocycles. The summed E-state index contributed by atoms with van der Waals surface area (Å²) in [6.45, 7) is 10.4. The van der Waals surface area contributed by atoms with E-state index < -0.39 is 0 Å². The first-order valence-corrected chi connectivity index (χ1v) is 11.1. The molecule has 0 saturated carbocycles. The molecule has 0 aliphatic rings. The third kappa shape index (κ3) is 8.85. The van der Waals surface area contributed by atoms with Crippen LogP contribution in [0.15, 0.2) is 40.7 Å². The van der Waals surface area contributed by atoms with E-state index in [0.29, 0.717) is 12.5 Å². The third-order valence-corrected chi connectivity index (χ3v) is 5.12. The molecule has 0 saturated heterocycles. The van der Waals surface area contributed by atoms with Gasteiger partial charge in [-0.3, -0.25) is 0 Å². The zero-order valence-electron chi connectivity index (χ0n) is 17.4. The van der Waals surface area contributed by atoms with Crippen LogP contribution < -0.4 is 10.6 Å². The van der Waals surface area contributed by atoms with E-state index in [4.69, 9.17) is 4.74 Å². The highest BCUT2D eigenvalue weighted by Crippen LogP contribution is 2.18. The van der Waals surface area contributed by atoms with Crippen molar-refractivity contribution in [2.45, 2.75) is 52.5 Å². The molecule has 0 amide bonds. The molecule has 2 aromatic rings. The van der Waals surface area contributed by atoms with Gasteiger partial charge in [-0.2, -0.15) is 0 Å². The number of aliphatic imine (C=N–C) groups is 1. The van der Waals surface area contributed by atoms with Crippen LogP contribution in [0.1, 0.15) is 55.8 Å². The lowest BCUT2D eigenvalue weighted by molar-refractivity contribution is 0.133. The number of hydrogen-bond acceptors (Lipinski definition) is 4. The van der Waals surface area contributed by atoms with Gasteiger partial charge in [0, 0.05) is 25.1 Å². The topological polar surface area (TPSA) is 58.5 Å². The van der Waals surface area contributed by atoms with Gasteiger partial charge in [0.05, 0.1) is 18.8 Å². The second kappa shape index (κ2) is 13.3. The fraction of sp³-hybridized carbons (Fsp3) is 0.545. The average Bonchev–Trinajstić information content (AvgIpc) is 3.18. The lowest BCUT2D eigenvalue weighted by Crippen LogP contribution is -2.37. The first-order chi connectivity index (χ1) is 13.7. The molecule has 0 fully saturated rings. The van der Waals surface area contributed by atoms with Crippen molar-refractivity contribution in [3.05, 3.63) is 52.0 Å². The molecular weight excluding hydrogens is 368 g/mol. The summed E-state index contributed by atoms with van der Waals surface area (Å²) < 4.78 is 5.74. The first-order valence-electron chi connectivity index (χ1n) is 10.3. The summed E-state index contributed by atoms with van der Waals surface area (Å²) in [6.07, 6.45) is 3.08. The molecular formula is C22H34N4OS. The summed E-state index contributed by atoms with van der Waals surface area (Å²) in [4.78, 5) is 9.29. The SMILES string of the molecule is CCNC(=NCc1nc(C(C)C)cs1)NCCCCOCCc1ccccc1. The molecule has 0 aliphatic heterocycles. The smallest absolute Gasteiger partial charge is 0.191 e. The molecule has 154 valence electrons. The number of nitrogens with one attached hydrogen (secondary N) is 2. The molecule has 0 radical (unpaired) electrons. The van der Waals surface area contributed by atoms with Crippen molar-refractivity contribution in [3.63, 3.8) is 0 Å². The van der Waals surface area contributed by atoms with Crippen LogP contribution in [0.3, 0.4) is 0 Å². The van der Waals surface area contributed by atoms with Gasteiger partial charge in [0.2, 0.25) is 0 Å². The molecule has 2 rings (SSSR count). The van der Waals surface area contributed by atoms with Gasteiger partial charge < -0.3 is 15.4 Å². The number of guanidine groups is 1. The Morgan fingerprint density at radius 2 is 1.96 bits per heavy atom. The summed E-state index contributed by atoms with van der Waals surface area (Å²) in [5.74, 6) is 1.32. The van der Waals surface area contributed by atoms with Gasteiger partial charge in [0.15, 0.2) is 5.96 Å². The number of rotatable bonds is 12. The Morgan fingerprint density at radius 3 is 2.68 bits per heavy atom. The van der Waals surface area contributed by atoms with Crippen LogP contribution in [0, 0.1) is 0 Å². The Morgan fingerprint density at radius 1 is 1.14 bits per heavy atom. The Kier molecular flexibility index (Phi) is 10.6. The van der Waals surface area contributed by atoms with E-state index in [1.54, 1.807) is 11.3 Å². The van der Waals surface area contributed by atoms with Crippen molar-refractivity contribution >= 4 is 17.3 Å². The fourth-order valence-corrected chi connectivity index (χ4v) is 3.50. The largest absolute Gasteiger partial charge is 0.381 e. The lowest BCUT2D eigenvalue weighted by Gasteiger charge is -2.11.